The zero-order valence-corrected chi connectivity index (χ0v) is 18.4. The molecule has 0 fully saturated rings. The van der Waals surface area contributed by atoms with Crippen molar-refractivity contribution in [3.05, 3.63) is 77.9 Å². The monoisotopic (exact) mass is 452 g/mol. The topological polar surface area (TPSA) is 72.8 Å². The molecule has 0 saturated heterocycles. The third kappa shape index (κ3) is 7.30. The molecule has 0 heterocycles. The number of halogens is 2. The van der Waals surface area contributed by atoms with Crippen molar-refractivity contribution in [3.63, 3.8) is 0 Å². The molecular weight excluding hydrogens is 425 g/mol. The number of allylic oxidation sites excluding steroid dienone is 1. The van der Waals surface area contributed by atoms with Crippen molar-refractivity contribution in [1.82, 2.24) is 0 Å². The molecule has 0 aromatic heterocycles. The number of ether oxygens (including phenoxy) is 1. The second-order valence-electron chi connectivity index (χ2n) is 7.33. The molecule has 8 heteroatoms. The van der Waals surface area contributed by atoms with Crippen LogP contribution in [0.3, 0.4) is 0 Å². The van der Waals surface area contributed by atoms with E-state index < -0.39 is 37.5 Å². The fourth-order valence-electron chi connectivity index (χ4n) is 2.70. The average molecular weight is 452 g/mol. The summed E-state index contributed by atoms with van der Waals surface area (Å²) >= 11 is 0. The van der Waals surface area contributed by atoms with Gasteiger partial charge in [0.2, 0.25) is 0 Å². The molecular formula is C23H27F2O5P. The smallest absolute Gasteiger partial charge is 0.335 e. The highest BCUT2D eigenvalue weighted by molar-refractivity contribution is 7.60. The number of benzene rings is 2. The molecule has 1 N–H and O–H groups in total. The van der Waals surface area contributed by atoms with Gasteiger partial charge in [-0.3, -0.25) is 9.36 Å². The van der Waals surface area contributed by atoms with E-state index in [0.29, 0.717) is 5.57 Å². The van der Waals surface area contributed by atoms with Gasteiger partial charge in [0.05, 0.1) is 18.7 Å². The Bertz CT molecular complexity index is 916. The first kappa shape index (κ1) is 24.8. The second-order valence-corrected chi connectivity index (χ2v) is 9.88. The van der Waals surface area contributed by atoms with E-state index in [4.69, 9.17) is 14.4 Å². The minimum atomic E-state index is -4.68. The molecule has 31 heavy (non-hydrogen) atoms. The van der Waals surface area contributed by atoms with E-state index in [1.807, 2.05) is 6.07 Å². The fourth-order valence-corrected chi connectivity index (χ4v) is 4.87. The van der Waals surface area contributed by atoms with E-state index in [9.17, 15) is 9.36 Å². The average Bonchev–Trinajstić information content (AvgIpc) is 2.77. The van der Waals surface area contributed by atoms with Crippen molar-refractivity contribution >= 4 is 13.3 Å². The molecule has 2 aromatic rings. The van der Waals surface area contributed by atoms with Crippen molar-refractivity contribution in [2.45, 2.75) is 32.5 Å². The third-order valence-electron chi connectivity index (χ3n) is 4.58. The third-order valence-corrected chi connectivity index (χ3v) is 7.29. The second kappa shape index (κ2) is 11.2. The number of aliphatic hydroxyl groups is 1. The lowest BCUT2D eigenvalue weighted by Crippen LogP contribution is -2.27. The maximum absolute atomic E-state index is 15.1. The van der Waals surface area contributed by atoms with Gasteiger partial charge in [-0.15, -0.1) is 0 Å². The van der Waals surface area contributed by atoms with Crippen LogP contribution in [0.25, 0.3) is 0 Å². The van der Waals surface area contributed by atoms with Crippen LogP contribution in [-0.4, -0.2) is 29.5 Å². The normalized spacial score (nSPS) is 15.1. The van der Waals surface area contributed by atoms with Gasteiger partial charge in [-0.05, 0) is 24.6 Å². The molecule has 2 aromatic carbocycles. The van der Waals surface area contributed by atoms with Crippen LogP contribution in [0.5, 0.6) is 5.75 Å². The highest BCUT2D eigenvalue weighted by Gasteiger charge is 2.53. The predicted octanol–water partition coefficient (Wildman–Crippen LogP) is 5.64. The molecule has 0 amide bonds. The summed E-state index contributed by atoms with van der Waals surface area (Å²) in [5.41, 5.74) is -2.67. The summed E-state index contributed by atoms with van der Waals surface area (Å²) < 4.78 is 54.1. The number of aliphatic hydroxyl groups excluding tert-OH is 1. The standard InChI is InChI=1S/C23H27F2O5P/c1-18(15-26)13-14-23(24,25)31(28,30-21-11-7-4-8-12-21)17-19(2)22(27)29-16-20-9-5-3-6-10-20/h3-13,19,26H,14-17H2,1-2H3/b18-13+. The van der Waals surface area contributed by atoms with Crippen LogP contribution in [0.15, 0.2) is 72.3 Å². The van der Waals surface area contributed by atoms with Crippen LogP contribution >= 0.6 is 7.37 Å². The number of carbonyl (C=O) groups is 1. The van der Waals surface area contributed by atoms with Gasteiger partial charge in [0.25, 0.3) is 0 Å². The Labute approximate surface area is 181 Å². The predicted molar refractivity (Wildman–Crippen MR) is 115 cm³/mol. The van der Waals surface area contributed by atoms with Crippen molar-refractivity contribution in [2.75, 3.05) is 12.8 Å². The minimum absolute atomic E-state index is 0.0112. The van der Waals surface area contributed by atoms with Crippen LogP contribution < -0.4 is 4.52 Å². The number of para-hydroxylation sites is 1. The first-order valence-electron chi connectivity index (χ1n) is 9.85. The SMILES string of the molecule is C/C(=C\CC(F)(F)P(=O)(CC(C)C(=O)OCc1ccccc1)Oc1ccccc1)CO. The van der Waals surface area contributed by atoms with E-state index >= 15 is 8.78 Å². The Kier molecular flexibility index (Phi) is 8.96. The fraction of sp³-hybridized carbons (Fsp3) is 0.348. The van der Waals surface area contributed by atoms with Crippen LogP contribution in [0.1, 0.15) is 25.8 Å². The van der Waals surface area contributed by atoms with E-state index in [-0.39, 0.29) is 19.0 Å². The van der Waals surface area contributed by atoms with E-state index in [1.165, 1.54) is 26.0 Å². The van der Waals surface area contributed by atoms with Gasteiger partial charge in [-0.2, -0.15) is 8.78 Å². The molecule has 0 aliphatic rings. The Balaban J connectivity index is 2.18. The molecule has 0 aliphatic carbocycles. The lowest BCUT2D eigenvalue weighted by Gasteiger charge is -2.28. The molecule has 0 aliphatic heterocycles. The molecule has 0 saturated carbocycles. The number of hydrogen-bond donors (Lipinski definition) is 1. The summed E-state index contributed by atoms with van der Waals surface area (Å²) in [5.74, 6) is -1.79. The van der Waals surface area contributed by atoms with Crippen molar-refractivity contribution in [3.8, 4) is 5.75 Å². The van der Waals surface area contributed by atoms with Crippen LogP contribution in [0, 0.1) is 5.92 Å². The zero-order chi connectivity index (χ0) is 22.9. The molecule has 0 radical (unpaired) electrons. The van der Waals surface area contributed by atoms with Crippen LogP contribution in [-0.2, 0) is 20.7 Å². The summed E-state index contributed by atoms with van der Waals surface area (Å²) in [6.45, 7) is 2.48. The van der Waals surface area contributed by atoms with Gasteiger partial charge >= 0.3 is 19.0 Å². The summed E-state index contributed by atoms with van der Waals surface area (Å²) in [6.07, 6.45) is -0.441. The number of esters is 1. The summed E-state index contributed by atoms with van der Waals surface area (Å²) in [6, 6.07) is 16.6. The molecule has 0 spiro atoms. The molecule has 5 nitrogen and oxygen atoms in total. The number of rotatable bonds is 11. The van der Waals surface area contributed by atoms with Gasteiger partial charge in [-0.1, -0.05) is 67.1 Å². The van der Waals surface area contributed by atoms with Crippen molar-refractivity contribution < 1.29 is 32.5 Å². The van der Waals surface area contributed by atoms with Gasteiger partial charge in [0.1, 0.15) is 12.4 Å². The minimum Gasteiger partial charge on any atom is -0.461 e. The van der Waals surface area contributed by atoms with Crippen LogP contribution in [0.4, 0.5) is 8.78 Å². The highest BCUT2D eigenvalue weighted by Crippen LogP contribution is 2.63. The maximum Gasteiger partial charge on any atom is 0.335 e. The van der Waals surface area contributed by atoms with Crippen LogP contribution in [0.2, 0.25) is 0 Å². The summed E-state index contributed by atoms with van der Waals surface area (Å²) in [7, 11) is -4.68. The Morgan fingerprint density at radius 2 is 1.71 bits per heavy atom. The van der Waals surface area contributed by atoms with Crippen molar-refractivity contribution in [1.29, 1.82) is 0 Å². The largest absolute Gasteiger partial charge is 0.461 e. The highest BCUT2D eigenvalue weighted by atomic mass is 31.2. The molecule has 2 rings (SSSR count). The quantitative estimate of drug-likeness (QED) is 0.271. The lowest BCUT2D eigenvalue weighted by atomic mass is 10.2. The molecule has 168 valence electrons. The van der Waals surface area contributed by atoms with Gasteiger partial charge in [0.15, 0.2) is 0 Å². The zero-order valence-electron chi connectivity index (χ0n) is 17.5. The van der Waals surface area contributed by atoms with Gasteiger partial charge in [0, 0.05) is 6.42 Å². The van der Waals surface area contributed by atoms with Crippen molar-refractivity contribution in [2.24, 2.45) is 5.92 Å². The van der Waals surface area contributed by atoms with Gasteiger partial charge in [-0.25, -0.2) is 0 Å². The Morgan fingerprint density at radius 1 is 1.13 bits per heavy atom. The Morgan fingerprint density at radius 3 is 2.29 bits per heavy atom. The van der Waals surface area contributed by atoms with E-state index in [1.54, 1.807) is 42.5 Å². The summed E-state index contributed by atoms with van der Waals surface area (Å²) in [5, 5.41) is 9.07. The van der Waals surface area contributed by atoms with E-state index in [0.717, 1.165) is 11.6 Å². The number of alkyl halides is 2. The maximum atomic E-state index is 15.1. The molecule has 0 bridgehead atoms. The summed E-state index contributed by atoms with van der Waals surface area (Å²) in [4.78, 5) is 12.4. The number of hydrogen-bond acceptors (Lipinski definition) is 5. The Hall–Kier alpha value is -2.50. The van der Waals surface area contributed by atoms with E-state index in [2.05, 4.69) is 0 Å². The first-order valence-corrected chi connectivity index (χ1v) is 11.7. The first-order chi connectivity index (χ1) is 14.7. The van der Waals surface area contributed by atoms with Gasteiger partial charge < -0.3 is 14.4 Å². The molecule has 2 atom stereocenters. The number of carbonyl (C=O) groups excluding carboxylic acids is 1. The molecule has 2 unspecified atom stereocenters. The lowest BCUT2D eigenvalue weighted by molar-refractivity contribution is -0.148.